The van der Waals surface area contributed by atoms with Crippen molar-refractivity contribution < 1.29 is 4.74 Å². The second-order valence-corrected chi connectivity index (χ2v) is 9.96. The number of benzene rings is 2. The number of anilines is 1. The van der Waals surface area contributed by atoms with Gasteiger partial charge in [0.2, 0.25) is 0 Å². The van der Waals surface area contributed by atoms with Gasteiger partial charge in [-0.25, -0.2) is 4.68 Å². The van der Waals surface area contributed by atoms with E-state index >= 15 is 0 Å². The van der Waals surface area contributed by atoms with Crippen molar-refractivity contribution in [2.24, 2.45) is 5.92 Å². The zero-order valence-corrected chi connectivity index (χ0v) is 20.7. The van der Waals surface area contributed by atoms with Crippen LogP contribution in [-0.4, -0.2) is 47.5 Å². The molecular formula is C28H33ClN4O2. The molecule has 1 atom stereocenters. The monoisotopic (exact) mass is 492 g/mol. The topological polar surface area (TPSA) is 59.4 Å². The predicted molar refractivity (Wildman–Crippen MR) is 140 cm³/mol. The molecule has 0 amide bonds. The number of ether oxygens (including phenoxy) is 1. The number of piperidine rings is 1. The van der Waals surface area contributed by atoms with E-state index in [-0.39, 0.29) is 22.7 Å². The van der Waals surface area contributed by atoms with Crippen LogP contribution in [0.15, 0.2) is 71.7 Å². The zero-order chi connectivity index (χ0) is 24.0. The van der Waals surface area contributed by atoms with Crippen LogP contribution in [-0.2, 0) is 4.74 Å². The SMILES string of the molecule is O=c1c(Cl)c(NCC2CCCOC2)cnn1C1CCN(C(c2ccccc2)c2ccccc2)CC1. The van der Waals surface area contributed by atoms with Crippen LogP contribution in [0.4, 0.5) is 5.69 Å². The van der Waals surface area contributed by atoms with E-state index in [1.807, 2.05) is 0 Å². The molecule has 1 aromatic heterocycles. The number of aromatic nitrogens is 2. The molecule has 2 aliphatic rings. The Hall–Kier alpha value is -2.67. The summed E-state index contributed by atoms with van der Waals surface area (Å²) in [6, 6.07) is 21.5. The van der Waals surface area contributed by atoms with Gasteiger partial charge in [0.05, 0.1) is 30.6 Å². The van der Waals surface area contributed by atoms with Gasteiger partial charge in [-0.3, -0.25) is 9.69 Å². The molecular weight excluding hydrogens is 460 g/mol. The van der Waals surface area contributed by atoms with Gasteiger partial charge in [0.1, 0.15) is 5.02 Å². The van der Waals surface area contributed by atoms with E-state index in [9.17, 15) is 4.79 Å². The van der Waals surface area contributed by atoms with Crippen LogP contribution < -0.4 is 10.9 Å². The molecule has 0 radical (unpaired) electrons. The number of likely N-dealkylation sites (tertiary alicyclic amines) is 1. The highest BCUT2D eigenvalue weighted by molar-refractivity contribution is 6.32. The Morgan fingerprint density at radius 2 is 1.66 bits per heavy atom. The van der Waals surface area contributed by atoms with Crippen LogP contribution in [0.25, 0.3) is 0 Å². The summed E-state index contributed by atoms with van der Waals surface area (Å²) in [5.74, 6) is 0.439. The fourth-order valence-electron chi connectivity index (χ4n) is 5.32. The number of nitrogens with zero attached hydrogens (tertiary/aromatic N) is 3. The molecule has 2 saturated heterocycles. The lowest BCUT2D eigenvalue weighted by Crippen LogP contribution is -2.40. The van der Waals surface area contributed by atoms with E-state index in [1.165, 1.54) is 11.1 Å². The van der Waals surface area contributed by atoms with Gasteiger partial charge in [-0.15, -0.1) is 0 Å². The molecule has 1 unspecified atom stereocenters. The summed E-state index contributed by atoms with van der Waals surface area (Å²) in [6.45, 7) is 4.09. The Bertz CT molecular complexity index is 1100. The summed E-state index contributed by atoms with van der Waals surface area (Å²) >= 11 is 6.50. The molecule has 6 nitrogen and oxygen atoms in total. The summed E-state index contributed by atoms with van der Waals surface area (Å²) in [4.78, 5) is 15.6. The van der Waals surface area contributed by atoms with E-state index in [1.54, 1.807) is 10.9 Å². The zero-order valence-electron chi connectivity index (χ0n) is 20.0. The van der Waals surface area contributed by atoms with Crippen molar-refractivity contribution in [3.05, 3.63) is 93.4 Å². The summed E-state index contributed by atoms with van der Waals surface area (Å²) in [7, 11) is 0. The number of hydrogen-bond acceptors (Lipinski definition) is 5. The Balaban J connectivity index is 1.27. The Morgan fingerprint density at radius 1 is 1.00 bits per heavy atom. The first-order valence-electron chi connectivity index (χ1n) is 12.6. The highest BCUT2D eigenvalue weighted by Gasteiger charge is 2.29. The first-order chi connectivity index (χ1) is 17.2. The molecule has 3 heterocycles. The van der Waals surface area contributed by atoms with E-state index in [2.05, 4.69) is 76.0 Å². The van der Waals surface area contributed by atoms with Crippen LogP contribution in [0.3, 0.4) is 0 Å². The molecule has 2 aliphatic heterocycles. The van der Waals surface area contributed by atoms with Gasteiger partial charge in [0.15, 0.2) is 0 Å². The molecule has 0 aliphatic carbocycles. The van der Waals surface area contributed by atoms with Crippen molar-refractivity contribution in [2.45, 2.75) is 37.8 Å². The lowest BCUT2D eigenvalue weighted by atomic mass is 9.94. The number of rotatable bonds is 7. The fraction of sp³-hybridized carbons (Fsp3) is 0.429. The standard InChI is InChI=1S/C28H33ClN4O2/c29-26-25(30-18-21-8-7-17-35-20-21)19-31-33(28(26)34)24-13-15-32(16-14-24)27(22-9-3-1-4-10-22)23-11-5-2-6-12-23/h1-6,9-12,19,21,24,27,30H,7-8,13-18,20H2. The van der Waals surface area contributed by atoms with Gasteiger partial charge in [0.25, 0.3) is 5.56 Å². The van der Waals surface area contributed by atoms with Gasteiger partial charge < -0.3 is 10.1 Å². The van der Waals surface area contributed by atoms with Crippen molar-refractivity contribution in [2.75, 3.05) is 38.2 Å². The minimum atomic E-state index is -0.210. The first kappa shape index (κ1) is 24.0. The smallest absolute Gasteiger partial charge is 0.287 e. The second-order valence-electron chi connectivity index (χ2n) is 9.58. The molecule has 0 bridgehead atoms. The minimum Gasteiger partial charge on any atom is -0.382 e. The Morgan fingerprint density at radius 3 is 2.26 bits per heavy atom. The van der Waals surface area contributed by atoms with E-state index in [4.69, 9.17) is 16.3 Å². The predicted octanol–water partition coefficient (Wildman–Crippen LogP) is 5.16. The van der Waals surface area contributed by atoms with Crippen LogP contribution >= 0.6 is 11.6 Å². The molecule has 2 aromatic carbocycles. The van der Waals surface area contributed by atoms with Crippen molar-refractivity contribution in [3.8, 4) is 0 Å². The normalized spacial score (nSPS) is 19.7. The van der Waals surface area contributed by atoms with Crippen LogP contribution in [0.1, 0.15) is 48.9 Å². The molecule has 5 rings (SSSR count). The van der Waals surface area contributed by atoms with E-state index < -0.39 is 0 Å². The molecule has 0 saturated carbocycles. The van der Waals surface area contributed by atoms with Crippen LogP contribution in [0.5, 0.6) is 0 Å². The van der Waals surface area contributed by atoms with Crippen molar-refractivity contribution in [1.82, 2.24) is 14.7 Å². The van der Waals surface area contributed by atoms with E-state index in [0.29, 0.717) is 11.6 Å². The first-order valence-corrected chi connectivity index (χ1v) is 13.0. The molecule has 184 valence electrons. The minimum absolute atomic E-state index is 0.0456. The maximum absolute atomic E-state index is 13.1. The van der Waals surface area contributed by atoms with E-state index in [0.717, 1.165) is 58.5 Å². The third-order valence-electron chi connectivity index (χ3n) is 7.22. The average molecular weight is 493 g/mol. The molecule has 3 aromatic rings. The van der Waals surface area contributed by atoms with Gasteiger partial charge in [-0.2, -0.15) is 5.10 Å². The third-order valence-corrected chi connectivity index (χ3v) is 7.59. The number of nitrogens with one attached hydrogen (secondary N) is 1. The van der Waals surface area contributed by atoms with Crippen molar-refractivity contribution in [3.63, 3.8) is 0 Å². The van der Waals surface area contributed by atoms with Crippen LogP contribution in [0.2, 0.25) is 5.02 Å². The number of halogens is 1. The quantitative estimate of drug-likeness (QED) is 0.493. The molecule has 1 N–H and O–H groups in total. The van der Waals surface area contributed by atoms with Gasteiger partial charge in [-0.05, 0) is 42.7 Å². The summed E-state index contributed by atoms with van der Waals surface area (Å²) in [5.41, 5.74) is 2.98. The fourth-order valence-corrected chi connectivity index (χ4v) is 5.53. The highest BCUT2D eigenvalue weighted by Crippen LogP contribution is 2.33. The summed E-state index contributed by atoms with van der Waals surface area (Å²) in [6.07, 6.45) is 5.61. The number of hydrogen-bond donors (Lipinski definition) is 1. The lowest BCUT2D eigenvalue weighted by molar-refractivity contribution is 0.0595. The van der Waals surface area contributed by atoms with Crippen LogP contribution in [0, 0.1) is 5.92 Å². The average Bonchev–Trinajstić information content (AvgIpc) is 2.92. The highest BCUT2D eigenvalue weighted by atomic mass is 35.5. The molecule has 7 heteroatoms. The Kier molecular flexibility index (Phi) is 7.82. The maximum atomic E-state index is 13.1. The third kappa shape index (κ3) is 5.61. The van der Waals surface area contributed by atoms with Crippen molar-refractivity contribution in [1.29, 1.82) is 0 Å². The lowest BCUT2D eigenvalue weighted by Gasteiger charge is -2.38. The molecule has 0 spiro atoms. The second kappa shape index (κ2) is 11.4. The van der Waals surface area contributed by atoms with Gasteiger partial charge >= 0.3 is 0 Å². The maximum Gasteiger partial charge on any atom is 0.287 e. The summed E-state index contributed by atoms with van der Waals surface area (Å²) in [5, 5.41) is 8.06. The summed E-state index contributed by atoms with van der Waals surface area (Å²) < 4.78 is 7.14. The van der Waals surface area contributed by atoms with Gasteiger partial charge in [0, 0.05) is 26.2 Å². The molecule has 35 heavy (non-hydrogen) atoms. The Labute approximate surface area is 211 Å². The van der Waals surface area contributed by atoms with Gasteiger partial charge in [-0.1, -0.05) is 72.3 Å². The largest absolute Gasteiger partial charge is 0.382 e. The van der Waals surface area contributed by atoms with Crippen molar-refractivity contribution >= 4 is 17.3 Å². The molecule has 2 fully saturated rings.